The van der Waals surface area contributed by atoms with Crippen LogP contribution >= 0.6 is 0 Å². The Morgan fingerprint density at radius 3 is 2.33 bits per heavy atom. The van der Waals surface area contributed by atoms with Gasteiger partial charge in [-0.2, -0.15) is 0 Å². The van der Waals surface area contributed by atoms with E-state index >= 15 is 0 Å². The number of alkyl carbamates (subject to hydrolysis) is 1. The number of non-ortho nitro benzene ring substituents is 1. The lowest BCUT2D eigenvalue weighted by atomic mass is 10.1. The third-order valence-corrected chi connectivity index (χ3v) is 4.39. The molecule has 1 unspecified atom stereocenters. The summed E-state index contributed by atoms with van der Waals surface area (Å²) < 4.78 is 10.2. The molecular formula is C22H26N2O6. The number of aryl methyl sites for hydroxylation is 1. The summed E-state index contributed by atoms with van der Waals surface area (Å²) in [5, 5.41) is 13.2. The largest absolute Gasteiger partial charge is 0.464 e. The number of hydrogen-bond acceptors (Lipinski definition) is 6. The van der Waals surface area contributed by atoms with E-state index in [4.69, 9.17) is 9.47 Å². The molecule has 0 radical (unpaired) electrons. The molecule has 160 valence electrons. The van der Waals surface area contributed by atoms with Crippen molar-refractivity contribution < 1.29 is 24.0 Å². The second-order valence-electron chi connectivity index (χ2n) is 6.66. The first-order chi connectivity index (χ1) is 14.5. The molecule has 2 rings (SSSR count). The summed E-state index contributed by atoms with van der Waals surface area (Å²) >= 11 is 0. The summed E-state index contributed by atoms with van der Waals surface area (Å²) in [4.78, 5) is 34.5. The zero-order chi connectivity index (χ0) is 21.8. The van der Waals surface area contributed by atoms with Crippen LogP contribution in [-0.2, 0) is 27.1 Å². The molecule has 1 amide bonds. The molecule has 8 nitrogen and oxygen atoms in total. The molecule has 2 aromatic carbocycles. The number of carbonyl (C=O) groups is 2. The van der Waals surface area contributed by atoms with Gasteiger partial charge in [-0.05, 0) is 37.3 Å². The molecule has 8 heteroatoms. The molecule has 0 heterocycles. The van der Waals surface area contributed by atoms with E-state index in [9.17, 15) is 19.7 Å². The Bertz CT molecular complexity index is 823. The predicted molar refractivity (Wildman–Crippen MR) is 111 cm³/mol. The SMILES string of the molecule is CCOC(=O)C(Cc1ccccc1)NC(=O)OCCCCc1ccc([N+](=O)[O-])cc1. The molecule has 0 bridgehead atoms. The zero-order valence-corrected chi connectivity index (χ0v) is 16.9. The third kappa shape index (κ3) is 7.90. The van der Waals surface area contributed by atoms with Crippen molar-refractivity contribution in [3.63, 3.8) is 0 Å². The molecule has 0 spiro atoms. The number of nitro groups is 1. The fourth-order valence-corrected chi connectivity index (χ4v) is 2.85. The summed E-state index contributed by atoms with van der Waals surface area (Å²) in [5.74, 6) is -0.503. The number of esters is 1. The van der Waals surface area contributed by atoms with Crippen LogP contribution in [0.5, 0.6) is 0 Å². The third-order valence-electron chi connectivity index (χ3n) is 4.39. The van der Waals surface area contributed by atoms with Crippen molar-refractivity contribution in [2.45, 2.75) is 38.6 Å². The summed E-state index contributed by atoms with van der Waals surface area (Å²) in [5.41, 5.74) is 1.94. The number of rotatable bonds is 11. The van der Waals surface area contributed by atoms with E-state index in [0.717, 1.165) is 24.0 Å². The standard InChI is InChI=1S/C22H26N2O6/c1-2-29-21(25)20(16-18-9-4-3-5-10-18)23-22(26)30-15-7-6-8-17-11-13-19(14-12-17)24(27)28/h3-5,9-14,20H,2,6-8,15-16H2,1H3,(H,23,26). The highest BCUT2D eigenvalue weighted by atomic mass is 16.6. The van der Waals surface area contributed by atoms with Crippen LogP contribution in [0.4, 0.5) is 10.5 Å². The first-order valence-electron chi connectivity index (χ1n) is 9.86. The molecule has 1 atom stereocenters. The number of nitrogens with zero attached hydrogens (tertiary/aromatic N) is 1. The highest BCUT2D eigenvalue weighted by Crippen LogP contribution is 2.13. The highest BCUT2D eigenvalue weighted by molar-refractivity contribution is 5.81. The molecular weight excluding hydrogens is 388 g/mol. The van der Waals surface area contributed by atoms with Crippen LogP contribution in [0.1, 0.15) is 30.9 Å². The van der Waals surface area contributed by atoms with Crippen LogP contribution in [0.3, 0.4) is 0 Å². The van der Waals surface area contributed by atoms with Crippen molar-refractivity contribution in [3.8, 4) is 0 Å². The van der Waals surface area contributed by atoms with Crippen molar-refractivity contribution in [3.05, 3.63) is 75.8 Å². The van der Waals surface area contributed by atoms with Gasteiger partial charge in [-0.3, -0.25) is 10.1 Å². The van der Waals surface area contributed by atoms with Gasteiger partial charge in [-0.15, -0.1) is 0 Å². The molecule has 0 saturated carbocycles. The molecule has 0 aliphatic heterocycles. The fraction of sp³-hybridized carbons (Fsp3) is 0.364. The molecule has 1 N–H and O–H groups in total. The normalized spacial score (nSPS) is 11.4. The Kier molecular flexibility index (Phi) is 9.30. The van der Waals surface area contributed by atoms with Crippen LogP contribution in [0.2, 0.25) is 0 Å². The number of hydrogen-bond donors (Lipinski definition) is 1. The minimum atomic E-state index is -0.819. The quantitative estimate of drug-likeness (QED) is 0.259. The van der Waals surface area contributed by atoms with Crippen LogP contribution in [0.25, 0.3) is 0 Å². The molecule has 0 aliphatic rings. The van der Waals surface area contributed by atoms with Crippen molar-refractivity contribution in [2.24, 2.45) is 0 Å². The second kappa shape index (κ2) is 12.2. The van der Waals surface area contributed by atoms with E-state index in [1.54, 1.807) is 19.1 Å². The fourth-order valence-electron chi connectivity index (χ4n) is 2.85. The summed E-state index contributed by atoms with van der Waals surface area (Å²) in [6, 6.07) is 14.9. The van der Waals surface area contributed by atoms with Crippen molar-refractivity contribution in [1.29, 1.82) is 0 Å². The highest BCUT2D eigenvalue weighted by Gasteiger charge is 2.23. The Morgan fingerprint density at radius 2 is 1.70 bits per heavy atom. The van der Waals surface area contributed by atoms with E-state index < -0.39 is 23.0 Å². The van der Waals surface area contributed by atoms with E-state index in [0.29, 0.717) is 12.8 Å². The van der Waals surface area contributed by atoms with Gasteiger partial charge in [0.25, 0.3) is 5.69 Å². The summed E-state index contributed by atoms with van der Waals surface area (Å²) in [7, 11) is 0. The number of carbonyl (C=O) groups excluding carboxylic acids is 2. The smallest absolute Gasteiger partial charge is 0.407 e. The molecule has 0 fully saturated rings. The van der Waals surface area contributed by atoms with Gasteiger partial charge in [0.2, 0.25) is 0 Å². The van der Waals surface area contributed by atoms with Crippen molar-refractivity contribution in [2.75, 3.05) is 13.2 Å². The lowest BCUT2D eigenvalue weighted by Gasteiger charge is -2.17. The van der Waals surface area contributed by atoms with E-state index in [1.807, 2.05) is 30.3 Å². The Labute approximate surface area is 175 Å². The van der Waals surface area contributed by atoms with Gasteiger partial charge in [-0.1, -0.05) is 42.5 Å². The van der Waals surface area contributed by atoms with Gasteiger partial charge < -0.3 is 14.8 Å². The maximum Gasteiger partial charge on any atom is 0.407 e. The van der Waals surface area contributed by atoms with E-state index in [1.165, 1.54) is 12.1 Å². The number of benzene rings is 2. The minimum Gasteiger partial charge on any atom is -0.464 e. The summed E-state index contributed by atoms with van der Waals surface area (Å²) in [6.45, 7) is 2.14. The van der Waals surface area contributed by atoms with Crippen molar-refractivity contribution >= 4 is 17.7 Å². The average molecular weight is 414 g/mol. The van der Waals surface area contributed by atoms with Gasteiger partial charge in [0.15, 0.2) is 0 Å². The number of ether oxygens (including phenoxy) is 2. The molecule has 0 aliphatic carbocycles. The Morgan fingerprint density at radius 1 is 1.00 bits per heavy atom. The molecule has 0 aromatic heterocycles. The van der Waals surface area contributed by atoms with Gasteiger partial charge in [0.1, 0.15) is 6.04 Å². The van der Waals surface area contributed by atoms with Crippen LogP contribution < -0.4 is 5.32 Å². The van der Waals surface area contributed by atoms with Gasteiger partial charge >= 0.3 is 12.1 Å². The summed E-state index contributed by atoms with van der Waals surface area (Å²) in [6.07, 6.45) is 1.76. The molecule has 2 aromatic rings. The predicted octanol–water partition coefficient (Wildman–Crippen LogP) is 3.82. The number of unbranched alkanes of at least 4 members (excludes halogenated alkanes) is 1. The lowest BCUT2D eigenvalue weighted by molar-refractivity contribution is -0.384. The van der Waals surface area contributed by atoms with E-state index in [2.05, 4.69) is 5.32 Å². The first kappa shape index (κ1) is 22.9. The van der Waals surface area contributed by atoms with Gasteiger partial charge in [-0.25, -0.2) is 9.59 Å². The average Bonchev–Trinajstić information content (AvgIpc) is 2.74. The monoisotopic (exact) mass is 414 g/mol. The lowest BCUT2D eigenvalue weighted by Crippen LogP contribution is -2.43. The minimum absolute atomic E-state index is 0.0606. The maximum absolute atomic E-state index is 12.1. The number of amides is 1. The van der Waals surface area contributed by atoms with Crippen LogP contribution in [-0.4, -0.2) is 36.2 Å². The topological polar surface area (TPSA) is 108 Å². The van der Waals surface area contributed by atoms with E-state index in [-0.39, 0.29) is 18.9 Å². The van der Waals surface area contributed by atoms with Crippen LogP contribution in [0.15, 0.2) is 54.6 Å². The Hall–Kier alpha value is -3.42. The van der Waals surface area contributed by atoms with Gasteiger partial charge in [0, 0.05) is 18.6 Å². The zero-order valence-electron chi connectivity index (χ0n) is 16.9. The van der Waals surface area contributed by atoms with Crippen molar-refractivity contribution in [1.82, 2.24) is 5.32 Å². The maximum atomic E-state index is 12.1. The second-order valence-corrected chi connectivity index (χ2v) is 6.66. The van der Waals surface area contributed by atoms with Crippen LogP contribution in [0, 0.1) is 10.1 Å². The molecule has 30 heavy (non-hydrogen) atoms. The number of nitro benzene ring substituents is 1. The van der Waals surface area contributed by atoms with Gasteiger partial charge in [0.05, 0.1) is 18.1 Å². The first-order valence-corrected chi connectivity index (χ1v) is 9.86. The Balaban J connectivity index is 1.73. The molecule has 0 saturated heterocycles. The number of nitrogens with one attached hydrogen (secondary N) is 1.